The van der Waals surface area contributed by atoms with Crippen LogP contribution in [0.5, 0.6) is 5.75 Å². The number of hydrogen-bond donors (Lipinski definition) is 1. The number of methoxy groups -OCH3 is 1. The first-order chi connectivity index (χ1) is 8.71. The second-order valence-electron chi connectivity index (χ2n) is 3.91. The van der Waals surface area contributed by atoms with Gasteiger partial charge in [-0.05, 0) is 25.0 Å². The van der Waals surface area contributed by atoms with Crippen LogP contribution < -0.4 is 10.1 Å². The van der Waals surface area contributed by atoms with Crippen LogP contribution in [0.4, 0.5) is 0 Å². The summed E-state index contributed by atoms with van der Waals surface area (Å²) in [5.74, 6) is 0.603. The van der Waals surface area contributed by atoms with E-state index in [9.17, 15) is 4.79 Å². The van der Waals surface area contributed by atoms with Gasteiger partial charge in [-0.15, -0.1) is 0 Å². The molecule has 1 aromatic carbocycles. The summed E-state index contributed by atoms with van der Waals surface area (Å²) in [4.78, 5) is 11.2. The van der Waals surface area contributed by atoms with Gasteiger partial charge in [0.2, 0.25) is 0 Å². The second-order valence-corrected chi connectivity index (χ2v) is 3.91. The zero-order valence-corrected chi connectivity index (χ0v) is 11.3. The minimum absolute atomic E-state index is 0.216. The van der Waals surface area contributed by atoms with Crippen LogP contribution in [0.25, 0.3) is 0 Å². The first kappa shape index (κ1) is 14.5. The summed E-state index contributed by atoms with van der Waals surface area (Å²) in [7, 11) is 1.65. The molecule has 1 aromatic rings. The Hall–Kier alpha value is -1.55. The first-order valence-electron chi connectivity index (χ1n) is 6.23. The molecule has 0 bridgehead atoms. The lowest BCUT2D eigenvalue weighted by Gasteiger charge is -2.11. The zero-order valence-electron chi connectivity index (χ0n) is 11.3. The van der Waals surface area contributed by atoms with Crippen molar-refractivity contribution in [1.29, 1.82) is 0 Å². The van der Waals surface area contributed by atoms with E-state index in [-0.39, 0.29) is 12.5 Å². The number of aryl methyl sites for hydroxylation is 1. The predicted octanol–water partition coefficient (Wildman–Crippen LogP) is 1.91. The Balaban J connectivity index is 2.57. The third-order valence-corrected chi connectivity index (χ3v) is 2.64. The topological polar surface area (TPSA) is 47.6 Å². The van der Waals surface area contributed by atoms with Crippen molar-refractivity contribution >= 4 is 5.97 Å². The van der Waals surface area contributed by atoms with Gasteiger partial charge in [0.05, 0.1) is 20.3 Å². The normalized spacial score (nSPS) is 10.2. The van der Waals surface area contributed by atoms with Crippen LogP contribution in [-0.4, -0.2) is 26.2 Å². The Labute approximate surface area is 108 Å². The van der Waals surface area contributed by atoms with E-state index in [0.717, 1.165) is 17.7 Å². The maximum atomic E-state index is 11.2. The van der Waals surface area contributed by atoms with Gasteiger partial charge >= 0.3 is 5.97 Å². The molecule has 0 amide bonds. The minimum Gasteiger partial charge on any atom is -0.496 e. The van der Waals surface area contributed by atoms with Crippen LogP contribution in [-0.2, 0) is 22.5 Å². The average Bonchev–Trinajstić information content (AvgIpc) is 2.39. The molecule has 1 N–H and O–H groups in total. The van der Waals surface area contributed by atoms with E-state index in [1.54, 1.807) is 14.0 Å². The van der Waals surface area contributed by atoms with Crippen LogP contribution in [0, 0.1) is 0 Å². The lowest BCUT2D eigenvalue weighted by atomic mass is 10.1. The van der Waals surface area contributed by atoms with E-state index in [4.69, 9.17) is 9.47 Å². The molecule has 1 rings (SSSR count). The maximum Gasteiger partial charge on any atom is 0.319 e. The van der Waals surface area contributed by atoms with Crippen LogP contribution >= 0.6 is 0 Å². The van der Waals surface area contributed by atoms with E-state index < -0.39 is 0 Å². The number of carbonyl (C=O) groups is 1. The standard InChI is InChI=1S/C14H21NO3/c1-4-11-6-7-13(17-3)12(8-11)9-15-10-14(16)18-5-2/h6-8,15H,4-5,9-10H2,1-3H3. The molecule has 4 heteroatoms. The summed E-state index contributed by atoms with van der Waals surface area (Å²) in [6.07, 6.45) is 0.981. The van der Waals surface area contributed by atoms with Crippen molar-refractivity contribution in [1.82, 2.24) is 5.32 Å². The average molecular weight is 251 g/mol. The number of nitrogens with one attached hydrogen (secondary N) is 1. The van der Waals surface area contributed by atoms with Gasteiger partial charge in [-0.1, -0.05) is 19.1 Å². The lowest BCUT2D eigenvalue weighted by Crippen LogP contribution is -2.24. The predicted molar refractivity (Wildman–Crippen MR) is 70.7 cm³/mol. The molecule has 0 fully saturated rings. The fourth-order valence-corrected chi connectivity index (χ4v) is 1.70. The number of benzene rings is 1. The highest BCUT2D eigenvalue weighted by atomic mass is 16.5. The van der Waals surface area contributed by atoms with Crippen molar-refractivity contribution < 1.29 is 14.3 Å². The number of rotatable bonds is 7. The van der Waals surface area contributed by atoms with E-state index >= 15 is 0 Å². The van der Waals surface area contributed by atoms with Gasteiger partial charge in [-0.25, -0.2) is 0 Å². The van der Waals surface area contributed by atoms with Crippen LogP contribution in [0.2, 0.25) is 0 Å². The molecule has 4 nitrogen and oxygen atoms in total. The summed E-state index contributed by atoms with van der Waals surface area (Å²) in [5, 5.41) is 3.06. The van der Waals surface area contributed by atoms with Crippen molar-refractivity contribution in [3.8, 4) is 5.75 Å². The molecule has 0 unspecified atom stereocenters. The summed E-state index contributed by atoms with van der Waals surface area (Å²) in [6, 6.07) is 6.10. The van der Waals surface area contributed by atoms with Crippen molar-refractivity contribution in [2.75, 3.05) is 20.3 Å². The molecule has 0 aliphatic carbocycles. The Morgan fingerprint density at radius 3 is 2.72 bits per heavy atom. The molecule has 0 saturated carbocycles. The number of esters is 1. The third-order valence-electron chi connectivity index (χ3n) is 2.64. The number of hydrogen-bond acceptors (Lipinski definition) is 4. The molecular formula is C14H21NO3. The molecule has 0 aromatic heterocycles. The Morgan fingerprint density at radius 1 is 1.33 bits per heavy atom. The molecule has 0 heterocycles. The van der Waals surface area contributed by atoms with Crippen LogP contribution in [0.1, 0.15) is 25.0 Å². The van der Waals surface area contributed by atoms with Crippen molar-refractivity contribution in [3.63, 3.8) is 0 Å². The molecule has 0 spiro atoms. The molecule has 0 aliphatic heterocycles. The summed E-state index contributed by atoms with van der Waals surface area (Å²) < 4.78 is 10.1. The zero-order chi connectivity index (χ0) is 13.4. The number of carbonyl (C=O) groups excluding carboxylic acids is 1. The maximum absolute atomic E-state index is 11.2. The molecule has 100 valence electrons. The molecule has 0 atom stereocenters. The fourth-order valence-electron chi connectivity index (χ4n) is 1.70. The summed E-state index contributed by atoms with van der Waals surface area (Å²) >= 11 is 0. The first-order valence-corrected chi connectivity index (χ1v) is 6.23. The van der Waals surface area contributed by atoms with E-state index in [1.807, 2.05) is 12.1 Å². The smallest absolute Gasteiger partial charge is 0.319 e. The van der Waals surface area contributed by atoms with Gasteiger partial charge in [-0.2, -0.15) is 0 Å². The van der Waals surface area contributed by atoms with E-state index in [1.165, 1.54) is 5.56 Å². The van der Waals surface area contributed by atoms with Gasteiger partial charge < -0.3 is 14.8 Å². The van der Waals surface area contributed by atoms with Crippen molar-refractivity contribution in [2.45, 2.75) is 26.8 Å². The van der Waals surface area contributed by atoms with E-state index in [2.05, 4.69) is 18.3 Å². The molecule has 18 heavy (non-hydrogen) atoms. The SMILES string of the molecule is CCOC(=O)CNCc1cc(CC)ccc1OC. The Kier molecular flexibility index (Phi) is 6.22. The molecule has 0 radical (unpaired) electrons. The molecule has 0 saturated heterocycles. The van der Waals surface area contributed by atoms with Gasteiger partial charge in [0.25, 0.3) is 0 Å². The Morgan fingerprint density at radius 2 is 2.11 bits per heavy atom. The largest absolute Gasteiger partial charge is 0.496 e. The fraction of sp³-hybridized carbons (Fsp3) is 0.500. The number of ether oxygens (including phenoxy) is 2. The Bertz CT molecular complexity index is 391. The van der Waals surface area contributed by atoms with Crippen LogP contribution in [0.3, 0.4) is 0 Å². The lowest BCUT2D eigenvalue weighted by molar-refractivity contribution is -0.142. The van der Waals surface area contributed by atoms with Gasteiger partial charge in [0.1, 0.15) is 5.75 Å². The van der Waals surface area contributed by atoms with E-state index in [0.29, 0.717) is 13.2 Å². The molecular weight excluding hydrogens is 230 g/mol. The minimum atomic E-state index is -0.233. The summed E-state index contributed by atoms with van der Waals surface area (Å²) in [6.45, 7) is 5.13. The van der Waals surface area contributed by atoms with Crippen LogP contribution in [0.15, 0.2) is 18.2 Å². The highest BCUT2D eigenvalue weighted by Gasteiger charge is 2.05. The quantitative estimate of drug-likeness (QED) is 0.752. The summed E-state index contributed by atoms with van der Waals surface area (Å²) in [5.41, 5.74) is 2.31. The van der Waals surface area contributed by atoms with Gasteiger partial charge in [0, 0.05) is 12.1 Å². The van der Waals surface area contributed by atoms with Gasteiger partial charge in [-0.3, -0.25) is 4.79 Å². The highest BCUT2D eigenvalue weighted by Crippen LogP contribution is 2.19. The van der Waals surface area contributed by atoms with Gasteiger partial charge in [0.15, 0.2) is 0 Å². The second kappa shape index (κ2) is 7.71. The van der Waals surface area contributed by atoms with Crippen molar-refractivity contribution in [3.05, 3.63) is 29.3 Å². The molecule has 0 aliphatic rings. The van der Waals surface area contributed by atoms with Crippen molar-refractivity contribution in [2.24, 2.45) is 0 Å². The third kappa shape index (κ3) is 4.37. The highest BCUT2D eigenvalue weighted by molar-refractivity contribution is 5.71. The monoisotopic (exact) mass is 251 g/mol.